The summed E-state index contributed by atoms with van der Waals surface area (Å²) in [5, 5.41) is 2.94. The average Bonchev–Trinajstić information content (AvgIpc) is 3.16. The van der Waals surface area contributed by atoms with Crippen LogP contribution in [0.25, 0.3) is 0 Å². The summed E-state index contributed by atoms with van der Waals surface area (Å²) in [6.07, 6.45) is 19.0. The minimum Gasteiger partial charge on any atom is -0.446 e. The van der Waals surface area contributed by atoms with Crippen molar-refractivity contribution in [3.63, 3.8) is 0 Å². The molecule has 4 aliphatic rings. The minimum absolute atomic E-state index is 0.0592. The quantitative estimate of drug-likeness (QED) is 0.261. The van der Waals surface area contributed by atoms with Gasteiger partial charge in [-0.2, -0.15) is 0 Å². The molecule has 200 valence electrons. The molecule has 0 aromatic carbocycles. The molecule has 0 spiro atoms. The molecule has 1 amide bonds. The van der Waals surface area contributed by atoms with Crippen molar-refractivity contribution in [2.45, 2.75) is 131 Å². The molecule has 0 unspecified atom stereocenters. The van der Waals surface area contributed by atoms with E-state index in [2.05, 4.69) is 52.9 Å². The molecule has 0 saturated heterocycles. The van der Waals surface area contributed by atoms with Crippen molar-refractivity contribution in [1.82, 2.24) is 5.32 Å². The van der Waals surface area contributed by atoms with Crippen LogP contribution in [0.5, 0.6) is 0 Å². The number of ether oxygens (including phenoxy) is 1. The lowest BCUT2D eigenvalue weighted by Gasteiger charge is -2.58. The van der Waals surface area contributed by atoms with E-state index in [9.17, 15) is 4.79 Å². The normalized spacial score (nSPS) is 39.3. The maximum absolute atomic E-state index is 12.2. The van der Waals surface area contributed by atoms with Crippen LogP contribution >= 0.6 is 0 Å². The van der Waals surface area contributed by atoms with Gasteiger partial charge in [-0.05, 0) is 97.7 Å². The third kappa shape index (κ3) is 5.49. The van der Waals surface area contributed by atoms with Gasteiger partial charge in [0, 0.05) is 13.0 Å². The van der Waals surface area contributed by atoms with Crippen LogP contribution in [0.2, 0.25) is 0 Å². The Hall–Kier alpha value is -0.990. The summed E-state index contributed by atoms with van der Waals surface area (Å²) >= 11 is 0. The smallest absolute Gasteiger partial charge is 0.407 e. The van der Waals surface area contributed by atoms with E-state index in [0.717, 1.165) is 67.7 Å². The summed E-state index contributed by atoms with van der Waals surface area (Å²) in [4.78, 5) is 12.2. The molecule has 1 N–H and O–H groups in total. The Bertz CT molecular complexity index is 759. The van der Waals surface area contributed by atoms with Gasteiger partial charge in [0.05, 0.1) is 0 Å². The largest absolute Gasteiger partial charge is 0.446 e. The van der Waals surface area contributed by atoms with E-state index in [1.165, 1.54) is 57.8 Å². The number of hydrogen-bond acceptors (Lipinski definition) is 2. The zero-order chi connectivity index (χ0) is 25.2. The number of hydrogen-bond donors (Lipinski definition) is 1. The molecule has 4 aliphatic carbocycles. The predicted octanol–water partition coefficient (Wildman–Crippen LogP) is 8.92. The maximum Gasteiger partial charge on any atom is 0.407 e. The molecule has 0 aromatic heterocycles. The van der Waals surface area contributed by atoms with Gasteiger partial charge in [-0.3, -0.25) is 0 Å². The van der Waals surface area contributed by atoms with Gasteiger partial charge in [-0.15, -0.1) is 0 Å². The first-order valence-electron chi connectivity index (χ1n) is 15.3. The predicted molar refractivity (Wildman–Crippen MR) is 146 cm³/mol. The van der Waals surface area contributed by atoms with Gasteiger partial charge in [-0.25, -0.2) is 4.79 Å². The monoisotopic (exact) mass is 485 g/mol. The van der Waals surface area contributed by atoms with Gasteiger partial charge >= 0.3 is 6.09 Å². The lowest BCUT2D eigenvalue weighted by atomic mass is 9.47. The third-order valence-electron chi connectivity index (χ3n) is 11.3. The van der Waals surface area contributed by atoms with Crippen LogP contribution in [-0.2, 0) is 4.74 Å². The highest BCUT2D eigenvalue weighted by atomic mass is 16.6. The molecular weight excluding hydrogens is 430 g/mol. The number of alkyl carbamates (subject to hydrolysis) is 1. The van der Waals surface area contributed by atoms with Crippen molar-refractivity contribution in [3.05, 3.63) is 11.6 Å². The van der Waals surface area contributed by atoms with E-state index in [1.807, 2.05) is 0 Å². The summed E-state index contributed by atoms with van der Waals surface area (Å²) in [6, 6.07) is 0. The lowest BCUT2D eigenvalue weighted by Crippen LogP contribution is -2.51. The Morgan fingerprint density at radius 1 is 1.06 bits per heavy atom. The molecule has 0 heterocycles. The Balaban J connectivity index is 1.39. The second-order valence-corrected chi connectivity index (χ2v) is 13.8. The van der Waals surface area contributed by atoms with Crippen molar-refractivity contribution in [2.24, 2.45) is 46.3 Å². The molecule has 3 saturated carbocycles. The molecule has 3 fully saturated rings. The number of amides is 1. The molecule has 4 rings (SSSR count). The molecule has 3 nitrogen and oxygen atoms in total. The average molecular weight is 486 g/mol. The number of carbonyl (C=O) groups is 1. The molecule has 3 heteroatoms. The van der Waals surface area contributed by atoms with Crippen molar-refractivity contribution in [2.75, 3.05) is 6.54 Å². The highest BCUT2D eigenvalue weighted by Crippen LogP contribution is 2.67. The fourth-order valence-corrected chi connectivity index (χ4v) is 9.31. The maximum atomic E-state index is 12.2. The molecule has 0 aromatic rings. The summed E-state index contributed by atoms with van der Waals surface area (Å²) in [7, 11) is 0. The summed E-state index contributed by atoms with van der Waals surface area (Å²) < 4.78 is 5.85. The fraction of sp³-hybridized carbons (Fsp3) is 0.906. The molecule has 0 bridgehead atoms. The second-order valence-electron chi connectivity index (χ2n) is 13.8. The Kier molecular flexibility index (Phi) is 8.64. The molecule has 0 radical (unpaired) electrons. The van der Waals surface area contributed by atoms with Gasteiger partial charge in [0.25, 0.3) is 0 Å². The van der Waals surface area contributed by atoms with Gasteiger partial charge in [0.15, 0.2) is 0 Å². The van der Waals surface area contributed by atoms with Gasteiger partial charge in [0.1, 0.15) is 6.10 Å². The lowest BCUT2D eigenvalue weighted by molar-refractivity contribution is -0.0581. The summed E-state index contributed by atoms with van der Waals surface area (Å²) in [5.41, 5.74) is 2.48. The van der Waals surface area contributed by atoms with Crippen LogP contribution in [0, 0.1) is 46.3 Å². The van der Waals surface area contributed by atoms with E-state index in [4.69, 9.17) is 4.74 Å². The summed E-state index contributed by atoms with van der Waals surface area (Å²) in [5.74, 6) is 5.24. The van der Waals surface area contributed by atoms with Crippen LogP contribution in [0.4, 0.5) is 4.79 Å². The Labute approximate surface area is 216 Å². The Morgan fingerprint density at radius 2 is 1.86 bits per heavy atom. The minimum atomic E-state index is -0.214. The van der Waals surface area contributed by atoms with Crippen LogP contribution in [-0.4, -0.2) is 18.7 Å². The number of allylic oxidation sites excluding steroid dienone is 1. The fourth-order valence-electron chi connectivity index (χ4n) is 9.31. The standard InChI is InChI=1S/C32H55NO2/c1-7-8-20-33-30(34)35-25-16-18-31(5)24(21-25)12-13-26-28-15-14-27(23(4)11-9-10-22(2)3)32(28,6)19-17-29(26)31/h12,22-23,25-29H,7-11,13-21H2,1-6H3,(H,33,34)/t23-,25+,26-,27+,28-,29-,31+,32+/m1/s1. The first-order chi connectivity index (χ1) is 16.7. The molecular formula is C32H55NO2. The highest BCUT2D eigenvalue weighted by molar-refractivity contribution is 5.67. The highest BCUT2D eigenvalue weighted by Gasteiger charge is 2.59. The second kappa shape index (κ2) is 11.2. The first kappa shape index (κ1) is 27.1. The van der Waals surface area contributed by atoms with Crippen molar-refractivity contribution in [3.8, 4) is 0 Å². The van der Waals surface area contributed by atoms with Crippen molar-refractivity contribution >= 4 is 6.09 Å². The van der Waals surface area contributed by atoms with E-state index in [0.29, 0.717) is 10.8 Å². The number of unbranched alkanes of at least 4 members (excludes halogenated alkanes) is 1. The topological polar surface area (TPSA) is 38.3 Å². The van der Waals surface area contributed by atoms with Crippen LogP contribution in [0.3, 0.4) is 0 Å². The number of nitrogens with one attached hydrogen (secondary N) is 1. The number of rotatable bonds is 9. The van der Waals surface area contributed by atoms with Crippen molar-refractivity contribution < 1.29 is 9.53 Å². The van der Waals surface area contributed by atoms with E-state index >= 15 is 0 Å². The number of fused-ring (bicyclic) bond motifs is 5. The van der Waals surface area contributed by atoms with Crippen molar-refractivity contribution in [1.29, 1.82) is 0 Å². The molecule has 8 atom stereocenters. The van der Waals surface area contributed by atoms with Crippen LogP contribution < -0.4 is 5.32 Å². The molecule has 35 heavy (non-hydrogen) atoms. The third-order valence-corrected chi connectivity index (χ3v) is 11.3. The van der Waals surface area contributed by atoms with E-state index < -0.39 is 0 Å². The summed E-state index contributed by atoms with van der Waals surface area (Å²) in [6.45, 7) is 15.4. The molecule has 0 aliphatic heterocycles. The zero-order valence-corrected chi connectivity index (χ0v) is 23.8. The van der Waals surface area contributed by atoms with Crippen LogP contribution in [0.15, 0.2) is 11.6 Å². The first-order valence-corrected chi connectivity index (χ1v) is 15.3. The zero-order valence-electron chi connectivity index (χ0n) is 23.8. The van der Waals surface area contributed by atoms with Gasteiger partial charge in [-0.1, -0.05) is 78.9 Å². The van der Waals surface area contributed by atoms with Gasteiger partial charge < -0.3 is 10.1 Å². The SMILES string of the molecule is CCCCNC(=O)O[C@H]1CC[C@@]2(C)C(=CC[C@@H]3[C@H]4CC[C@@H]([C@H](C)CCCC(C)C)[C@]4(C)CC[C@H]32)C1. The van der Waals surface area contributed by atoms with E-state index in [-0.39, 0.29) is 12.2 Å². The van der Waals surface area contributed by atoms with Crippen LogP contribution in [0.1, 0.15) is 125 Å². The number of carbonyl (C=O) groups excluding carboxylic acids is 1. The Morgan fingerprint density at radius 3 is 2.60 bits per heavy atom. The van der Waals surface area contributed by atoms with Gasteiger partial charge in [0.2, 0.25) is 0 Å². The van der Waals surface area contributed by atoms with E-state index in [1.54, 1.807) is 5.57 Å².